The summed E-state index contributed by atoms with van der Waals surface area (Å²) in [6.45, 7) is 3.41. The number of ether oxygens (including phenoxy) is 4. The normalized spacial score (nSPS) is 11.0. The van der Waals surface area contributed by atoms with Gasteiger partial charge < -0.3 is 60.1 Å². The van der Waals surface area contributed by atoms with Crippen LogP contribution in [0.15, 0.2) is 134 Å². The summed E-state index contributed by atoms with van der Waals surface area (Å²) in [5, 5.41) is 24.5. The molecule has 2 amide bonds. The highest BCUT2D eigenvalue weighted by Gasteiger charge is 2.26. The van der Waals surface area contributed by atoms with Crippen LogP contribution in [0, 0.1) is 13.8 Å². The molecule has 0 aliphatic rings. The van der Waals surface area contributed by atoms with Crippen LogP contribution < -0.4 is 41.0 Å². The first-order valence-corrected chi connectivity index (χ1v) is 22.4. The largest absolute Gasteiger partial charge is 0.486 e. The van der Waals surface area contributed by atoms with Crippen molar-refractivity contribution in [3.63, 3.8) is 0 Å². The SMILES string of the molecule is Cc1c(OCc2cccc(OCC(=O)NCCNC(=O)COc3cccc(COc4c(C)c(C(=O)c5ccc(N)c(C(=O)O)c5)n5ccccc45)c3)c2)c2ccccn2c1C(=O)c1ccc(N)c(C(=O)O)c1. The number of nitrogens with two attached hydrogens (primary N) is 2. The summed E-state index contributed by atoms with van der Waals surface area (Å²) in [6.07, 6.45) is 3.46. The number of benzene rings is 4. The molecule has 0 unspecified atom stereocenters. The van der Waals surface area contributed by atoms with Crippen molar-refractivity contribution in [2.75, 3.05) is 37.8 Å². The lowest BCUT2D eigenvalue weighted by Crippen LogP contribution is -2.38. The van der Waals surface area contributed by atoms with Crippen LogP contribution in [0.3, 0.4) is 0 Å². The van der Waals surface area contributed by atoms with Gasteiger partial charge in [0.05, 0.1) is 22.2 Å². The number of hydrogen-bond acceptors (Lipinski definition) is 12. The summed E-state index contributed by atoms with van der Waals surface area (Å²) in [6, 6.07) is 33.1. The molecule has 8 N–H and O–H groups in total. The zero-order valence-electron chi connectivity index (χ0n) is 39.0. The van der Waals surface area contributed by atoms with E-state index >= 15 is 0 Å². The molecule has 18 heteroatoms. The maximum Gasteiger partial charge on any atom is 0.337 e. The van der Waals surface area contributed by atoms with E-state index in [9.17, 15) is 39.0 Å². The van der Waals surface area contributed by atoms with E-state index in [-0.39, 0.29) is 73.1 Å². The number of amides is 2. The molecule has 0 spiro atoms. The second-order valence-electron chi connectivity index (χ2n) is 16.5. The van der Waals surface area contributed by atoms with Crippen LogP contribution in [0.2, 0.25) is 0 Å². The van der Waals surface area contributed by atoms with Crippen LogP contribution in [0.4, 0.5) is 11.4 Å². The molecule has 366 valence electrons. The molecule has 0 saturated heterocycles. The number of carbonyl (C=O) groups is 6. The van der Waals surface area contributed by atoms with E-state index in [1.807, 2.05) is 36.4 Å². The fraction of sp³-hybridized carbons (Fsp3) is 0.148. The van der Waals surface area contributed by atoms with Crippen molar-refractivity contribution in [1.29, 1.82) is 0 Å². The van der Waals surface area contributed by atoms with Crippen molar-refractivity contribution < 1.29 is 57.9 Å². The molecule has 4 aromatic heterocycles. The number of hydrogen-bond donors (Lipinski definition) is 6. The van der Waals surface area contributed by atoms with E-state index in [1.54, 1.807) is 83.6 Å². The van der Waals surface area contributed by atoms with Gasteiger partial charge in [0.2, 0.25) is 11.6 Å². The Morgan fingerprint density at radius 3 is 1.33 bits per heavy atom. The maximum atomic E-state index is 13.8. The molecular formula is C54H48N6O12. The standard InChI is InChI=1S/C54H48N6O12/c1-31-47(49(63)35-15-17-41(55)39(25-35)53(65)66)59-21-5-3-13-43(59)51(31)71-27-33-9-7-11-37(23-33)69-29-45(61)57-19-20-58-46(62)30-70-38-12-8-10-34(24-38)28-72-52-32(2)48(60-22-6-4-14-44(52)60)50(64)36-16-18-42(56)40(26-36)54(67)68/h3-18,21-26H,19-20,27-30,55-56H2,1-2H3,(H,57,61)(H,58,62)(H,65,66)(H,67,68). The summed E-state index contributed by atoms with van der Waals surface area (Å²) < 4.78 is 27.4. The number of nitrogens with one attached hydrogen (secondary N) is 2. The summed E-state index contributed by atoms with van der Waals surface area (Å²) >= 11 is 0. The Bertz CT molecular complexity index is 3210. The summed E-state index contributed by atoms with van der Waals surface area (Å²) in [4.78, 5) is 76.2. The number of fused-ring (bicyclic) bond motifs is 2. The fourth-order valence-electron chi connectivity index (χ4n) is 8.13. The van der Waals surface area contributed by atoms with Crippen molar-refractivity contribution in [3.8, 4) is 23.0 Å². The predicted octanol–water partition coefficient (Wildman–Crippen LogP) is 6.68. The Labute approximate surface area is 411 Å². The van der Waals surface area contributed by atoms with Gasteiger partial charge in [0, 0.05) is 59.1 Å². The summed E-state index contributed by atoms with van der Waals surface area (Å²) in [7, 11) is 0. The van der Waals surface area contributed by atoms with Gasteiger partial charge in [-0.1, -0.05) is 36.4 Å². The minimum absolute atomic E-state index is 0.0497. The first-order chi connectivity index (χ1) is 34.7. The number of nitrogens with zero attached hydrogens (tertiary/aromatic N) is 2. The average Bonchev–Trinajstić information content (AvgIpc) is 3.82. The molecule has 8 rings (SSSR count). The first kappa shape index (κ1) is 48.9. The Morgan fingerprint density at radius 1 is 0.514 bits per heavy atom. The van der Waals surface area contributed by atoms with Crippen molar-refractivity contribution in [2.24, 2.45) is 0 Å². The molecule has 0 aliphatic carbocycles. The van der Waals surface area contributed by atoms with E-state index in [0.717, 1.165) is 11.1 Å². The van der Waals surface area contributed by atoms with E-state index in [4.69, 9.17) is 30.4 Å². The zero-order chi connectivity index (χ0) is 51.1. The number of anilines is 2. The van der Waals surface area contributed by atoms with Gasteiger partial charge in [0.25, 0.3) is 11.8 Å². The number of aromatic carboxylic acids is 2. The molecule has 0 radical (unpaired) electrons. The lowest BCUT2D eigenvalue weighted by molar-refractivity contribution is -0.124. The average molecular weight is 973 g/mol. The van der Waals surface area contributed by atoms with Gasteiger partial charge in [0.15, 0.2) is 13.2 Å². The molecule has 0 atom stereocenters. The van der Waals surface area contributed by atoms with Gasteiger partial charge in [-0.3, -0.25) is 19.2 Å². The second-order valence-corrected chi connectivity index (χ2v) is 16.5. The third kappa shape index (κ3) is 10.7. The molecule has 0 aliphatic heterocycles. The topological polar surface area (TPSA) is 265 Å². The highest BCUT2D eigenvalue weighted by Crippen LogP contribution is 2.35. The monoisotopic (exact) mass is 972 g/mol. The number of ketones is 2. The predicted molar refractivity (Wildman–Crippen MR) is 265 cm³/mol. The van der Waals surface area contributed by atoms with Crippen LogP contribution >= 0.6 is 0 Å². The van der Waals surface area contributed by atoms with E-state index in [1.165, 1.54) is 36.4 Å². The molecule has 4 heterocycles. The number of carbonyl (C=O) groups excluding carboxylic acids is 4. The minimum Gasteiger partial charge on any atom is -0.486 e. The van der Waals surface area contributed by atoms with Gasteiger partial charge in [-0.05, 0) is 110 Å². The smallest absolute Gasteiger partial charge is 0.337 e. The Hall–Kier alpha value is -9.58. The maximum absolute atomic E-state index is 13.8. The van der Waals surface area contributed by atoms with Gasteiger partial charge in [-0.15, -0.1) is 0 Å². The van der Waals surface area contributed by atoms with E-state index < -0.39 is 35.3 Å². The molecule has 18 nitrogen and oxygen atoms in total. The number of carboxylic acid groups (broad SMARTS) is 2. The molecule has 72 heavy (non-hydrogen) atoms. The number of aromatic nitrogens is 2. The number of nitrogen functional groups attached to an aromatic ring is 2. The fourth-order valence-corrected chi connectivity index (χ4v) is 8.13. The van der Waals surface area contributed by atoms with Crippen molar-refractivity contribution in [2.45, 2.75) is 27.1 Å². The van der Waals surface area contributed by atoms with Crippen molar-refractivity contribution in [3.05, 3.63) is 190 Å². The van der Waals surface area contributed by atoms with E-state index in [0.29, 0.717) is 56.5 Å². The van der Waals surface area contributed by atoms with Gasteiger partial charge in [-0.25, -0.2) is 9.59 Å². The van der Waals surface area contributed by atoms with Gasteiger partial charge in [-0.2, -0.15) is 0 Å². The van der Waals surface area contributed by atoms with E-state index in [2.05, 4.69) is 10.6 Å². The number of carboxylic acids is 2. The highest BCUT2D eigenvalue weighted by atomic mass is 16.5. The van der Waals surface area contributed by atoms with Crippen LogP contribution in [-0.2, 0) is 22.8 Å². The van der Waals surface area contributed by atoms with Gasteiger partial charge >= 0.3 is 11.9 Å². The third-order valence-electron chi connectivity index (χ3n) is 11.7. The quantitative estimate of drug-likeness (QED) is 0.0249. The molecule has 0 saturated carbocycles. The number of pyridine rings is 2. The van der Waals surface area contributed by atoms with Crippen LogP contribution in [0.25, 0.3) is 11.0 Å². The van der Waals surface area contributed by atoms with Gasteiger partial charge in [0.1, 0.15) is 47.6 Å². The lowest BCUT2D eigenvalue weighted by atomic mass is 10.0. The van der Waals surface area contributed by atoms with Crippen LogP contribution in [-0.4, -0.2) is 80.6 Å². The second kappa shape index (κ2) is 21.4. The highest BCUT2D eigenvalue weighted by molar-refractivity contribution is 6.13. The Morgan fingerprint density at radius 2 is 0.931 bits per heavy atom. The molecule has 8 aromatic rings. The molecule has 0 bridgehead atoms. The summed E-state index contributed by atoms with van der Waals surface area (Å²) in [5.74, 6) is -2.32. The zero-order valence-corrected chi connectivity index (χ0v) is 39.0. The third-order valence-corrected chi connectivity index (χ3v) is 11.7. The molecule has 0 fully saturated rings. The number of rotatable bonds is 21. The summed E-state index contributed by atoms with van der Waals surface area (Å²) in [5.41, 5.74) is 16.2. The molecular weight excluding hydrogens is 925 g/mol. The molecule has 4 aromatic carbocycles. The van der Waals surface area contributed by atoms with Crippen molar-refractivity contribution >= 4 is 57.7 Å². The first-order valence-electron chi connectivity index (χ1n) is 22.4. The van der Waals surface area contributed by atoms with Crippen LogP contribution in [0.5, 0.6) is 23.0 Å². The van der Waals surface area contributed by atoms with Crippen LogP contribution in [0.1, 0.15) is 75.1 Å². The minimum atomic E-state index is -1.24. The lowest BCUT2D eigenvalue weighted by Gasteiger charge is -2.11. The van der Waals surface area contributed by atoms with Crippen molar-refractivity contribution in [1.82, 2.24) is 19.4 Å². The Balaban J connectivity index is 0.782. The Kier molecular flexibility index (Phi) is 14.5.